The molecule has 2 aromatic carbocycles. The van der Waals surface area contributed by atoms with Gasteiger partial charge in [0.1, 0.15) is 6.04 Å². The molecule has 1 N–H and O–H groups in total. The molecule has 2 rings (SSSR count). The molecular formula is C24H29ClN2O4S. The molecule has 1 atom stereocenters. The van der Waals surface area contributed by atoms with E-state index in [9.17, 15) is 14.4 Å². The smallest absolute Gasteiger partial charge is 0.329 e. The lowest BCUT2D eigenvalue weighted by Crippen LogP contribution is -2.44. The Kier molecular flexibility index (Phi) is 10.6. The van der Waals surface area contributed by atoms with Crippen LogP contribution in [0.2, 0.25) is 5.02 Å². The number of nitrogens with zero attached hydrogens (tertiary/aromatic N) is 1. The van der Waals surface area contributed by atoms with Gasteiger partial charge in [0.2, 0.25) is 0 Å². The topological polar surface area (TPSA) is 75.7 Å². The van der Waals surface area contributed by atoms with Gasteiger partial charge in [-0.05, 0) is 50.0 Å². The van der Waals surface area contributed by atoms with Crippen LogP contribution in [-0.4, -0.2) is 53.4 Å². The van der Waals surface area contributed by atoms with Gasteiger partial charge in [-0.2, -0.15) is 11.8 Å². The molecule has 0 fully saturated rings. The van der Waals surface area contributed by atoms with Crippen molar-refractivity contribution in [2.24, 2.45) is 0 Å². The summed E-state index contributed by atoms with van der Waals surface area (Å²) < 4.78 is 5.31. The molecule has 172 valence electrons. The zero-order chi connectivity index (χ0) is 23.5. The molecule has 0 aromatic heterocycles. The number of nitrogens with one attached hydrogen (secondary N) is 1. The van der Waals surface area contributed by atoms with Gasteiger partial charge in [0.05, 0.1) is 10.6 Å². The van der Waals surface area contributed by atoms with E-state index in [0.29, 0.717) is 23.7 Å². The van der Waals surface area contributed by atoms with E-state index in [0.717, 1.165) is 5.56 Å². The van der Waals surface area contributed by atoms with Gasteiger partial charge in [-0.15, -0.1) is 0 Å². The minimum absolute atomic E-state index is 0.0615. The monoisotopic (exact) mass is 476 g/mol. The van der Waals surface area contributed by atoms with Gasteiger partial charge in [0.25, 0.3) is 11.8 Å². The summed E-state index contributed by atoms with van der Waals surface area (Å²) in [5, 5.41) is 2.99. The highest BCUT2D eigenvalue weighted by atomic mass is 35.5. The Morgan fingerprint density at radius 2 is 1.72 bits per heavy atom. The number of rotatable bonds is 11. The van der Waals surface area contributed by atoms with Crippen molar-refractivity contribution in [3.05, 3.63) is 70.7 Å². The first-order chi connectivity index (χ1) is 15.3. The lowest BCUT2D eigenvalue weighted by molar-refractivity contribution is -0.154. The average Bonchev–Trinajstić information content (AvgIpc) is 2.79. The Morgan fingerprint density at radius 1 is 1.06 bits per heavy atom. The molecule has 0 aliphatic heterocycles. The summed E-state index contributed by atoms with van der Waals surface area (Å²) in [6, 6.07) is 15.3. The third-order valence-electron chi connectivity index (χ3n) is 4.80. The molecule has 0 radical (unpaired) electrons. The second kappa shape index (κ2) is 13.1. The first-order valence-corrected chi connectivity index (χ1v) is 12.1. The molecule has 0 aliphatic rings. The summed E-state index contributed by atoms with van der Waals surface area (Å²) in [6.07, 6.45) is 2.29. The van der Waals surface area contributed by atoms with Crippen molar-refractivity contribution >= 4 is 41.1 Å². The Balaban J connectivity index is 2.01. The van der Waals surface area contributed by atoms with Crippen molar-refractivity contribution in [1.82, 2.24) is 10.2 Å². The van der Waals surface area contributed by atoms with Gasteiger partial charge in [-0.25, -0.2) is 4.79 Å². The average molecular weight is 477 g/mol. The van der Waals surface area contributed by atoms with E-state index < -0.39 is 17.9 Å². The van der Waals surface area contributed by atoms with E-state index in [1.165, 1.54) is 0 Å². The van der Waals surface area contributed by atoms with Crippen LogP contribution in [0.3, 0.4) is 0 Å². The van der Waals surface area contributed by atoms with E-state index in [2.05, 4.69) is 5.32 Å². The molecule has 0 spiro atoms. The Morgan fingerprint density at radius 3 is 2.34 bits per heavy atom. The predicted molar refractivity (Wildman–Crippen MR) is 129 cm³/mol. The fourth-order valence-electron chi connectivity index (χ4n) is 3.02. The molecule has 1 unspecified atom stereocenters. The van der Waals surface area contributed by atoms with Crippen molar-refractivity contribution in [2.45, 2.75) is 38.9 Å². The van der Waals surface area contributed by atoms with Crippen molar-refractivity contribution in [3.63, 3.8) is 0 Å². The van der Waals surface area contributed by atoms with Crippen LogP contribution in [0.25, 0.3) is 0 Å². The number of hydrogen-bond acceptors (Lipinski definition) is 5. The van der Waals surface area contributed by atoms with Crippen molar-refractivity contribution < 1.29 is 19.1 Å². The molecule has 0 saturated heterocycles. The van der Waals surface area contributed by atoms with Crippen LogP contribution in [0.15, 0.2) is 54.6 Å². The predicted octanol–water partition coefficient (Wildman–Crippen LogP) is 4.17. The van der Waals surface area contributed by atoms with Crippen LogP contribution in [0, 0.1) is 0 Å². The molecule has 8 heteroatoms. The molecule has 2 amide bonds. The first kappa shape index (κ1) is 25.7. The van der Waals surface area contributed by atoms with E-state index in [-0.39, 0.29) is 24.1 Å². The third-order valence-corrected chi connectivity index (χ3v) is 5.77. The summed E-state index contributed by atoms with van der Waals surface area (Å²) in [5.41, 5.74) is 1.27. The summed E-state index contributed by atoms with van der Waals surface area (Å²) in [4.78, 5) is 39.7. The molecule has 2 aromatic rings. The standard InChI is InChI=1S/C24H29ClN2O4S/c1-17(2)27(15-18-9-5-4-6-10-18)22(28)16-31-24(30)21(13-14-32-3)26-23(29)19-11-7-8-12-20(19)25/h4-12,17,21H,13-16H2,1-3H3,(H,26,29). The van der Waals surface area contributed by atoms with Crippen LogP contribution in [0.5, 0.6) is 0 Å². The van der Waals surface area contributed by atoms with Crippen molar-refractivity contribution in [1.29, 1.82) is 0 Å². The van der Waals surface area contributed by atoms with Gasteiger partial charge in [0, 0.05) is 12.6 Å². The number of esters is 1. The maximum absolute atomic E-state index is 12.8. The number of carbonyl (C=O) groups is 3. The van der Waals surface area contributed by atoms with Crippen LogP contribution < -0.4 is 5.32 Å². The Bertz CT molecular complexity index is 908. The fourth-order valence-corrected chi connectivity index (χ4v) is 3.71. The minimum atomic E-state index is -0.874. The van der Waals surface area contributed by atoms with E-state index in [4.69, 9.17) is 16.3 Å². The van der Waals surface area contributed by atoms with Gasteiger partial charge in [-0.1, -0.05) is 54.1 Å². The van der Waals surface area contributed by atoms with Crippen LogP contribution in [-0.2, 0) is 20.9 Å². The molecule has 0 aliphatic carbocycles. The van der Waals surface area contributed by atoms with Crippen LogP contribution in [0.1, 0.15) is 36.2 Å². The minimum Gasteiger partial charge on any atom is -0.454 e. The molecule has 0 heterocycles. The van der Waals surface area contributed by atoms with Gasteiger partial charge in [-0.3, -0.25) is 9.59 Å². The largest absolute Gasteiger partial charge is 0.454 e. The number of hydrogen-bond donors (Lipinski definition) is 1. The first-order valence-electron chi connectivity index (χ1n) is 10.4. The maximum atomic E-state index is 12.8. The summed E-state index contributed by atoms with van der Waals surface area (Å²) in [5.74, 6) is -0.754. The third kappa shape index (κ3) is 7.88. The van der Waals surface area contributed by atoms with Gasteiger partial charge >= 0.3 is 5.97 Å². The lowest BCUT2D eigenvalue weighted by Gasteiger charge is -2.27. The number of benzene rings is 2. The summed E-state index contributed by atoms with van der Waals surface area (Å²) in [6.45, 7) is 3.86. The zero-order valence-corrected chi connectivity index (χ0v) is 20.1. The zero-order valence-electron chi connectivity index (χ0n) is 18.5. The Labute approximate surface area is 198 Å². The normalized spacial score (nSPS) is 11.7. The molecule has 0 bridgehead atoms. The van der Waals surface area contributed by atoms with Crippen LogP contribution in [0.4, 0.5) is 0 Å². The maximum Gasteiger partial charge on any atom is 0.329 e. The van der Waals surface area contributed by atoms with E-state index >= 15 is 0 Å². The molecule has 0 saturated carbocycles. The number of amides is 2. The highest BCUT2D eigenvalue weighted by Gasteiger charge is 2.26. The summed E-state index contributed by atoms with van der Waals surface area (Å²) >= 11 is 7.64. The molecule has 32 heavy (non-hydrogen) atoms. The number of carbonyl (C=O) groups excluding carboxylic acids is 3. The lowest BCUT2D eigenvalue weighted by atomic mass is 10.1. The second-order valence-electron chi connectivity index (χ2n) is 7.50. The second-order valence-corrected chi connectivity index (χ2v) is 8.89. The number of thioether (sulfide) groups is 1. The van der Waals surface area contributed by atoms with Gasteiger partial charge in [0.15, 0.2) is 6.61 Å². The molecular weight excluding hydrogens is 448 g/mol. The highest BCUT2D eigenvalue weighted by molar-refractivity contribution is 7.98. The SMILES string of the molecule is CSCCC(NC(=O)c1ccccc1Cl)C(=O)OCC(=O)N(Cc1ccccc1)C(C)C. The number of halogens is 1. The fraction of sp³-hybridized carbons (Fsp3) is 0.375. The van der Waals surface area contributed by atoms with Gasteiger partial charge < -0.3 is 15.0 Å². The quantitative estimate of drug-likeness (QED) is 0.492. The van der Waals surface area contributed by atoms with Crippen molar-refractivity contribution in [3.8, 4) is 0 Å². The Hall–Kier alpha value is -2.51. The number of ether oxygens (including phenoxy) is 1. The summed E-state index contributed by atoms with van der Waals surface area (Å²) in [7, 11) is 0. The van der Waals surface area contributed by atoms with E-state index in [1.54, 1.807) is 40.9 Å². The van der Waals surface area contributed by atoms with Crippen molar-refractivity contribution in [2.75, 3.05) is 18.6 Å². The molecule has 6 nitrogen and oxygen atoms in total. The van der Waals surface area contributed by atoms with Crippen LogP contribution >= 0.6 is 23.4 Å². The highest BCUT2D eigenvalue weighted by Crippen LogP contribution is 2.15. The van der Waals surface area contributed by atoms with E-state index in [1.807, 2.05) is 50.4 Å².